The van der Waals surface area contributed by atoms with Gasteiger partial charge >= 0.3 is 5.97 Å². The van der Waals surface area contributed by atoms with Crippen LogP contribution in [0.4, 0.5) is 0 Å². The van der Waals surface area contributed by atoms with E-state index in [-0.39, 0.29) is 19.8 Å². The first-order chi connectivity index (χ1) is 7.99. The summed E-state index contributed by atoms with van der Waals surface area (Å²) in [5.41, 5.74) is 3.58. The molecular weight excluding hydrogens is 228 g/mol. The maximum Gasteiger partial charge on any atom is 0.319 e. The zero-order valence-corrected chi connectivity index (χ0v) is 9.40. The number of hydrogen-bond acceptors (Lipinski definition) is 4. The van der Waals surface area contributed by atoms with Crippen molar-refractivity contribution in [2.45, 2.75) is 19.3 Å². The van der Waals surface area contributed by atoms with Crippen LogP contribution in [0.2, 0.25) is 0 Å². The molecule has 7 nitrogen and oxygen atoms in total. The average Bonchev–Trinajstić information content (AvgIpc) is 2.14. The molecule has 1 fully saturated rings. The first-order valence-corrected chi connectivity index (χ1v) is 5.37. The molecule has 4 N–H and O–H groups in total. The molecule has 96 valence electrons. The fourth-order valence-electron chi connectivity index (χ4n) is 1.65. The minimum Gasteiger partial charge on any atom is -0.480 e. The lowest BCUT2D eigenvalue weighted by molar-refractivity contribution is -0.162. The Morgan fingerprint density at radius 1 is 1.35 bits per heavy atom. The van der Waals surface area contributed by atoms with Crippen LogP contribution in [0.25, 0.3) is 0 Å². The molecule has 7 heteroatoms. The number of nitrogens with one attached hydrogen (secondary N) is 1. The van der Waals surface area contributed by atoms with Crippen LogP contribution in [-0.4, -0.2) is 42.6 Å². The molecule has 0 heterocycles. The van der Waals surface area contributed by atoms with Crippen molar-refractivity contribution in [3.63, 3.8) is 0 Å². The Balaban J connectivity index is 2.25. The van der Waals surface area contributed by atoms with Crippen LogP contribution >= 0.6 is 0 Å². The van der Waals surface area contributed by atoms with E-state index in [1.165, 1.54) is 0 Å². The van der Waals surface area contributed by atoms with Gasteiger partial charge in [-0.15, -0.1) is 0 Å². The lowest BCUT2D eigenvalue weighted by atomic mass is 9.68. The summed E-state index contributed by atoms with van der Waals surface area (Å²) in [4.78, 5) is 32.9. The molecule has 0 aliphatic heterocycles. The Kier molecular flexibility index (Phi) is 4.45. The van der Waals surface area contributed by atoms with Crippen LogP contribution in [0.1, 0.15) is 19.3 Å². The van der Waals surface area contributed by atoms with Crippen molar-refractivity contribution in [1.82, 2.24) is 5.32 Å². The molecular formula is C10H16N2O5. The molecule has 0 spiro atoms. The number of carboxylic acid groups (broad SMARTS) is 1. The van der Waals surface area contributed by atoms with Gasteiger partial charge in [-0.2, -0.15) is 0 Å². The number of carboxylic acids is 1. The lowest BCUT2D eigenvalue weighted by Gasteiger charge is -2.35. The highest BCUT2D eigenvalue weighted by atomic mass is 16.5. The van der Waals surface area contributed by atoms with Crippen molar-refractivity contribution < 1.29 is 24.2 Å². The van der Waals surface area contributed by atoms with Crippen LogP contribution in [0, 0.1) is 5.41 Å². The molecule has 1 aliphatic rings. The Morgan fingerprint density at radius 2 is 2.00 bits per heavy atom. The molecule has 0 aromatic rings. The van der Waals surface area contributed by atoms with Crippen LogP contribution in [-0.2, 0) is 19.1 Å². The minimum atomic E-state index is -1.26. The molecule has 2 amide bonds. The molecule has 0 unspecified atom stereocenters. The van der Waals surface area contributed by atoms with E-state index in [1.807, 2.05) is 0 Å². The maximum atomic E-state index is 11.6. The average molecular weight is 244 g/mol. The van der Waals surface area contributed by atoms with E-state index in [1.54, 1.807) is 0 Å². The molecule has 0 radical (unpaired) electrons. The second-order valence-corrected chi connectivity index (χ2v) is 4.02. The van der Waals surface area contributed by atoms with Gasteiger partial charge in [0.05, 0.1) is 6.61 Å². The Morgan fingerprint density at radius 3 is 2.41 bits per heavy atom. The maximum absolute atomic E-state index is 11.6. The number of hydrogen-bond donors (Lipinski definition) is 3. The number of carbonyl (C=O) groups excluding carboxylic acids is 2. The number of nitrogens with two attached hydrogens (primary N) is 1. The molecule has 0 aromatic heterocycles. The van der Waals surface area contributed by atoms with Crippen molar-refractivity contribution in [3.8, 4) is 0 Å². The summed E-state index contributed by atoms with van der Waals surface area (Å²) >= 11 is 0. The van der Waals surface area contributed by atoms with Gasteiger partial charge in [-0.1, -0.05) is 6.42 Å². The topological polar surface area (TPSA) is 119 Å². The van der Waals surface area contributed by atoms with Crippen molar-refractivity contribution >= 4 is 17.8 Å². The van der Waals surface area contributed by atoms with E-state index in [2.05, 4.69) is 5.32 Å². The molecule has 0 saturated heterocycles. The van der Waals surface area contributed by atoms with Gasteiger partial charge in [0.25, 0.3) is 0 Å². The number of rotatable bonds is 7. The fraction of sp³-hybridized carbons (Fsp3) is 0.700. The standard InChI is InChI=1S/C10H16N2O5/c11-7(13)6-17-5-4-12-8(14)10(9(15)16)2-1-3-10/h1-6H2,(H2,11,13)(H,12,14)(H,15,16). The largest absolute Gasteiger partial charge is 0.480 e. The Bertz CT molecular complexity index is 325. The van der Waals surface area contributed by atoms with Crippen LogP contribution in [0.5, 0.6) is 0 Å². The van der Waals surface area contributed by atoms with Crippen LogP contribution in [0.3, 0.4) is 0 Å². The summed E-state index contributed by atoms with van der Waals surface area (Å²) in [5.74, 6) is -2.16. The predicted octanol–water partition coefficient (Wildman–Crippen LogP) is -1.14. The highest BCUT2D eigenvalue weighted by molar-refractivity contribution is 6.02. The summed E-state index contributed by atoms with van der Waals surface area (Å²) in [6, 6.07) is 0. The van der Waals surface area contributed by atoms with Gasteiger partial charge in [-0.25, -0.2) is 0 Å². The third-order valence-corrected chi connectivity index (χ3v) is 2.83. The van der Waals surface area contributed by atoms with Crippen LogP contribution in [0.15, 0.2) is 0 Å². The molecule has 0 atom stereocenters. The zero-order valence-electron chi connectivity index (χ0n) is 9.40. The summed E-state index contributed by atoms with van der Waals surface area (Å²) < 4.78 is 4.83. The lowest BCUT2D eigenvalue weighted by Crippen LogP contribution is -2.51. The summed E-state index contributed by atoms with van der Waals surface area (Å²) in [6.45, 7) is 0.0888. The quantitative estimate of drug-likeness (QED) is 0.386. The smallest absolute Gasteiger partial charge is 0.319 e. The first kappa shape index (κ1) is 13.4. The van der Waals surface area contributed by atoms with Crippen molar-refractivity contribution in [3.05, 3.63) is 0 Å². The fourth-order valence-corrected chi connectivity index (χ4v) is 1.65. The van der Waals surface area contributed by atoms with Gasteiger partial charge in [-0.3, -0.25) is 14.4 Å². The zero-order chi connectivity index (χ0) is 12.9. The van der Waals surface area contributed by atoms with Crippen molar-refractivity contribution in [1.29, 1.82) is 0 Å². The number of ether oxygens (including phenoxy) is 1. The monoisotopic (exact) mass is 244 g/mol. The minimum absolute atomic E-state index is 0.129. The van der Waals surface area contributed by atoms with Crippen molar-refractivity contribution in [2.75, 3.05) is 19.8 Å². The second-order valence-electron chi connectivity index (χ2n) is 4.02. The number of aliphatic carboxylic acids is 1. The summed E-state index contributed by atoms with van der Waals surface area (Å²) in [7, 11) is 0. The van der Waals surface area contributed by atoms with E-state index in [9.17, 15) is 14.4 Å². The van der Waals surface area contributed by atoms with Crippen molar-refractivity contribution in [2.24, 2.45) is 11.1 Å². The number of carbonyl (C=O) groups is 3. The van der Waals surface area contributed by atoms with E-state index in [4.69, 9.17) is 15.6 Å². The summed E-state index contributed by atoms with van der Waals surface area (Å²) in [5, 5.41) is 11.5. The van der Waals surface area contributed by atoms with Gasteiger partial charge in [0.2, 0.25) is 11.8 Å². The Labute approximate surface area is 98.3 Å². The predicted molar refractivity (Wildman–Crippen MR) is 56.9 cm³/mol. The first-order valence-electron chi connectivity index (χ1n) is 5.37. The van der Waals surface area contributed by atoms with Gasteiger partial charge in [-0.05, 0) is 12.8 Å². The molecule has 1 aliphatic carbocycles. The molecule has 0 aromatic carbocycles. The molecule has 1 rings (SSSR count). The SMILES string of the molecule is NC(=O)COCCNC(=O)C1(C(=O)O)CCC1. The van der Waals surface area contributed by atoms with Gasteiger partial charge in [0, 0.05) is 6.54 Å². The van der Waals surface area contributed by atoms with Crippen LogP contribution < -0.4 is 11.1 Å². The summed E-state index contributed by atoms with van der Waals surface area (Å²) in [6.07, 6.45) is 1.49. The third-order valence-electron chi connectivity index (χ3n) is 2.83. The van der Waals surface area contributed by atoms with Gasteiger partial charge in [0.15, 0.2) is 0 Å². The normalized spacial score (nSPS) is 16.9. The van der Waals surface area contributed by atoms with E-state index < -0.39 is 23.2 Å². The van der Waals surface area contributed by atoms with E-state index >= 15 is 0 Å². The highest BCUT2D eigenvalue weighted by Crippen LogP contribution is 2.41. The van der Waals surface area contributed by atoms with Gasteiger partial charge < -0.3 is 20.9 Å². The molecule has 1 saturated carbocycles. The second kappa shape index (κ2) is 5.62. The van der Waals surface area contributed by atoms with E-state index in [0.29, 0.717) is 12.8 Å². The number of amides is 2. The van der Waals surface area contributed by atoms with Gasteiger partial charge in [0.1, 0.15) is 12.0 Å². The number of primary amides is 1. The highest BCUT2D eigenvalue weighted by Gasteiger charge is 2.50. The third kappa shape index (κ3) is 3.16. The van der Waals surface area contributed by atoms with E-state index in [0.717, 1.165) is 6.42 Å². The Hall–Kier alpha value is -1.63. The molecule has 17 heavy (non-hydrogen) atoms. The molecule has 0 bridgehead atoms.